The van der Waals surface area contributed by atoms with Crippen LogP contribution in [0.5, 0.6) is 0 Å². The van der Waals surface area contributed by atoms with Crippen LogP contribution in [0.15, 0.2) is 11.4 Å². The molecule has 1 aliphatic heterocycles. The monoisotopic (exact) mass is 278 g/mol. The van der Waals surface area contributed by atoms with Gasteiger partial charge in [-0.1, -0.05) is 6.42 Å². The molecule has 106 valence electrons. The van der Waals surface area contributed by atoms with E-state index < -0.39 is 0 Å². The first-order valence-electron chi connectivity index (χ1n) is 7.88. The fourth-order valence-electron chi connectivity index (χ4n) is 3.50. The van der Waals surface area contributed by atoms with Crippen molar-refractivity contribution < 1.29 is 0 Å². The fourth-order valence-corrected chi connectivity index (χ4v) is 4.49. The third-order valence-electron chi connectivity index (χ3n) is 4.73. The van der Waals surface area contributed by atoms with Crippen molar-refractivity contribution >= 4 is 11.3 Å². The molecule has 0 bridgehead atoms. The molecule has 2 unspecified atom stereocenters. The van der Waals surface area contributed by atoms with Crippen molar-refractivity contribution in [3.05, 3.63) is 21.9 Å². The quantitative estimate of drug-likeness (QED) is 0.905. The van der Waals surface area contributed by atoms with E-state index in [9.17, 15) is 0 Å². The van der Waals surface area contributed by atoms with E-state index in [0.29, 0.717) is 12.1 Å². The van der Waals surface area contributed by atoms with E-state index >= 15 is 0 Å². The van der Waals surface area contributed by atoms with Crippen LogP contribution in [0.2, 0.25) is 0 Å². The SMILES string of the molecule is CC(CNC1CCCc2sccc21)N1CCCCC1. The molecule has 0 saturated carbocycles. The molecule has 2 nitrogen and oxygen atoms in total. The number of nitrogens with one attached hydrogen (secondary N) is 1. The molecular formula is C16H26N2S. The number of aryl methyl sites for hydroxylation is 1. The lowest BCUT2D eigenvalue weighted by Crippen LogP contribution is -2.44. The van der Waals surface area contributed by atoms with E-state index in [0.717, 1.165) is 6.54 Å². The highest BCUT2D eigenvalue weighted by Crippen LogP contribution is 2.33. The summed E-state index contributed by atoms with van der Waals surface area (Å²) in [6.45, 7) is 6.13. The summed E-state index contributed by atoms with van der Waals surface area (Å²) in [6.07, 6.45) is 8.18. The van der Waals surface area contributed by atoms with Crippen LogP contribution in [0, 0.1) is 0 Å². The summed E-state index contributed by atoms with van der Waals surface area (Å²) in [7, 11) is 0. The minimum absolute atomic E-state index is 0.613. The van der Waals surface area contributed by atoms with Gasteiger partial charge in [-0.05, 0) is 69.1 Å². The van der Waals surface area contributed by atoms with Crippen molar-refractivity contribution in [1.29, 1.82) is 0 Å². The van der Waals surface area contributed by atoms with Gasteiger partial charge in [0.15, 0.2) is 0 Å². The molecule has 2 heterocycles. The molecular weight excluding hydrogens is 252 g/mol. The first kappa shape index (κ1) is 13.6. The summed E-state index contributed by atoms with van der Waals surface area (Å²) in [4.78, 5) is 4.28. The molecule has 0 aromatic carbocycles. The third kappa shape index (κ3) is 3.21. The largest absolute Gasteiger partial charge is 0.308 e. The summed E-state index contributed by atoms with van der Waals surface area (Å²) in [5, 5.41) is 6.09. The highest BCUT2D eigenvalue weighted by molar-refractivity contribution is 7.10. The lowest BCUT2D eigenvalue weighted by Gasteiger charge is -2.34. The molecule has 0 spiro atoms. The summed E-state index contributed by atoms with van der Waals surface area (Å²) >= 11 is 1.94. The van der Waals surface area contributed by atoms with Gasteiger partial charge in [-0.25, -0.2) is 0 Å². The Morgan fingerprint density at radius 1 is 1.32 bits per heavy atom. The van der Waals surface area contributed by atoms with Gasteiger partial charge in [0.25, 0.3) is 0 Å². The molecule has 1 fully saturated rings. The number of fused-ring (bicyclic) bond motifs is 1. The van der Waals surface area contributed by atoms with Crippen LogP contribution in [-0.2, 0) is 6.42 Å². The smallest absolute Gasteiger partial charge is 0.0332 e. The van der Waals surface area contributed by atoms with Crippen molar-refractivity contribution in [3.63, 3.8) is 0 Å². The van der Waals surface area contributed by atoms with Crippen LogP contribution in [0.25, 0.3) is 0 Å². The maximum absolute atomic E-state index is 3.83. The standard InChI is InChI=1S/C16H26N2S/c1-13(18-9-3-2-4-10-18)12-17-15-6-5-7-16-14(15)8-11-19-16/h8,11,13,15,17H,2-7,9-10,12H2,1H3. The van der Waals surface area contributed by atoms with Gasteiger partial charge in [-0.3, -0.25) is 4.90 Å². The van der Waals surface area contributed by atoms with Crippen molar-refractivity contribution in [2.24, 2.45) is 0 Å². The van der Waals surface area contributed by atoms with Crippen LogP contribution in [0.3, 0.4) is 0 Å². The normalized spacial score (nSPS) is 26.1. The predicted molar refractivity (Wildman–Crippen MR) is 82.9 cm³/mol. The zero-order chi connectivity index (χ0) is 13.1. The second-order valence-electron chi connectivity index (χ2n) is 6.10. The van der Waals surface area contributed by atoms with Gasteiger partial charge >= 0.3 is 0 Å². The van der Waals surface area contributed by atoms with Gasteiger partial charge in [0.05, 0.1) is 0 Å². The Morgan fingerprint density at radius 2 is 2.16 bits per heavy atom. The van der Waals surface area contributed by atoms with Crippen molar-refractivity contribution in [1.82, 2.24) is 10.2 Å². The molecule has 0 radical (unpaired) electrons. The highest BCUT2D eigenvalue weighted by Gasteiger charge is 2.22. The number of rotatable bonds is 4. The number of hydrogen-bond donors (Lipinski definition) is 1. The van der Waals surface area contributed by atoms with Crippen molar-refractivity contribution in [3.8, 4) is 0 Å². The lowest BCUT2D eigenvalue weighted by molar-refractivity contribution is 0.167. The molecule has 19 heavy (non-hydrogen) atoms. The highest BCUT2D eigenvalue weighted by atomic mass is 32.1. The molecule has 1 aromatic rings. The minimum Gasteiger partial charge on any atom is -0.308 e. The van der Waals surface area contributed by atoms with E-state index in [2.05, 4.69) is 28.6 Å². The molecule has 1 aromatic heterocycles. The zero-order valence-electron chi connectivity index (χ0n) is 12.0. The molecule has 3 heteroatoms. The molecule has 3 rings (SSSR count). The number of hydrogen-bond acceptors (Lipinski definition) is 3. The Labute approximate surface area is 121 Å². The maximum atomic E-state index is 3.83. The first-order chi connectivity index (χ1) is 9.34. The number of thiophene rings is 1. The van der Waals surface area contributed by atoms with Crippen LogP contribution in [-0.4, -0.2) is 30.6 Å². The molecule has 1 aliphatic carbocycles. The van der Waals surface area contributed by atoms with Gasteiger partial charge in [0, 0.05) is 23.5 Å². The Kier molecular flexibility index (Phi) is 4.57. The van der Waals surface area contributed by atoms with Gasteiger partial charge in [0.2, 0.25) is 0 Å². The van der Waals surface area contributed by atoms with Crippen molar-refractivity contribution in [2.45, 2.75) is 57.5 Å². The van der Waals surface area contributed by atoms with Crippen LogP contribution < -0.4 is 5.32 Å². The average Bonchev–Trinajstić information content (AvgIpc) is 2.94. The minimum atomic E-state index is 0.613. The Hall–Kier alpha value is -0.380. The zero-order valence-corrected chi connectivity index (χ0v) is 12.8. The van der Waals surface area contributed by atoms with Gasteiger partial charge in [0.1, 0.15) is 0 Å². The van der Waals surface area contributed by atoms with Crippen LogP contribution in [0.4, 0.5) is 0 Å². The van der Waals surface area contributed by atoms with E-state index in [1.54, 1.807) is 10.4 Å². The number of likely N-dealkylation sites (tertiary alicyclic amines) is 1. The molecule has 0 amide bonds. The number of nitrogens with zero attached hydrogens (tertiary/aromatic N) is 1. The van der Waals surface area contributed by atoms with Crippen LogP contribution in [0.1, 0.15) is 55.5 Å². The van der Waals surface area contributed by atoms with E-state index in [1.807, 2.05) is 11.3 Å². The van der Waals surface area contributed by atoms with Gasteiger partial charge in [-0.15, -0.1) is 11.3 Å². The Bertz CT molecular complexity index is 395. The summed E-state index contributed by atoms with van der Waals surface area (Å²) in [6, 6.07) is 3.63. The van der Waals surface area contributed by atoms with Crippen molar-refractivity contribution in [2.75, 3.05) is 19.6 Å². The third-order valence-corrected chi connectivity index (χ3v) is 5.72. The first-order valence-corrected chi connectivity index (χ1v) is 8.76. The fraction of sp³-hybridized carbons (Fsp3) is 0.750. The van der Waals surface area contributed by atoms with E-state index in [4.69, 9.17) is 0 Å². The molecule has 1 N–H and O–H groups in total. The summed E-state index contributed by atoms with van der Waals surface area (Å²) in [5.41, 5.74) is 1.59. The van der Waals surface area contributed by atoms with Gasteiger partial charge in [-0.2, -0.15) is 0 Å². The summed E-state index contributed by atoms with van der Waals surface area (Å²) < 4.78 is 0. The predicted octanol–water partition coefficient (Wildman–Crippen LogP) is 3.59. The van der Waals surface area contributed by atoms with Gasteiger partial charge < -0.3 is 5.32 Å². The number of piperidine rings is 1. The van der Waals surface area contributed by atoms with Crippen LogP contribution >= 0.6 is 11.3 Å². The second-order valence-corrected chi connectivity index (χ2v) is 7.10. The molecule has 2 aliphatic rings. The molecule has 2 atom stereocenters. The maximum Gasteiger partial charge on any atom is 0.0332 e. The summed E-state index contributed by atoms with van der Waals surface area (Å²) in [5.74, 6) is 0. The lowest BCUT2D eigenvalue weighted by atomic mass is 9.94. The van der Waals surface area contributed by atoms with E-state index in [-0.39, 0.29) is 0 Å². The average molecular weight is 278 g/mol. The Balaban J connectivity index is 1.52. The molecule has 1 saturated heterocycles. The Morgan fingerprint density at radius 3 is 3.00 bits per heavy atom. The second kappa shape index (κ2) is 6.38. The topological polar surface area (TPSA) is 15.3 Å². The van der Waals surface area contributed by atoms with E-state index in [1.165, 1.54) is 51.6 Å².